The highest BCUT2D eigenvalue weighted by atomic mass is 16.6. The van der Waals surface area contributed by atoms with E-state index < -0.39 is 6.10 Å². The van der Waals surface area contributed by atoms with Gasteiger partial charge in [-0.2, -0.15) is 0 Å². The van der Waals surface area contributed by atoms with Crippen LogP contribution in [0.5, 0.6) is 0 Å². The molecule has 84 heavy (non-hydrogen) atoms. The van der Waals surface area contributed by atoms with Gasteiger partial charge in [0.15, 0.2) is 6.10 Å². The van der Waals surface area contributed by atoms with E-state index in [-0.39, 0.29) is 25.2 Å². The maximum atomic E-state index is 12.4. The number of unbranched alkanes of at least 4 members (excludes halogenated alkanes) is 68. The van der Waals surface area contributed by atoms with Crippen LogP contribution in [-0.2, 0) is 19.1 Å². The summed E-state index contributed by atoms with van der Waals surface area (Å²) < 4.78 is 10.8. The van der Waals surface area contributed by atoms with Gasteiger partial charge < -0.3 is 14.6 Å². The van der Waals surface area contributed by atoms with Gasteiger partial charge in [0.25, 0.3) is 0 Å². The molecule has 0 rings (SSSR count). The molecule has 1 atom stereocenters. The van der Waals surface area contributed by atoms with Crippen molar-refractivity contribution in [3.8, 4) is 0 Å². The lowest BCUT2D eigenvalue weighted by Gasteiger charge is -2.15. The summed E-state index contributed by atoms with van der Waals surface area (Å²) in [6, 6.07) is 0. The summed E-state index contributed by atoms with van der Waals surface area (Å²) in [6.07, 6.45) is 97.8. The van der Waals surface area contributed by atoms with Crippen molar-refractivity contribution >= 4 is 11.9 Å². The first-order chi connectivity index (χ1) is 41.6. The van der Waals surface area contributed by atoms with Gasteiger partial charge in [0, 0.05) is 12.8 Å². The molecule has 0 saturated carbocycles. The van der Waals surface area contributed by atoms with Crippen molar-refractivity contribution in [2.45, 2.75) is 482 Å². The maximum absolute atomic E-state index is 12.4. The van der Waals surface area contributed by atoms with Gasteiger partial charge in [0.05, 0.1) is 6.61 Å². The average molecular weight is 1190 g/mol. The number of ether oxygens (including phenoxy) is 2. The summed E-state index contributed by atoms with van der Waals surface area (Å²) in [7, 11) is 0. The molecule has 5 nitrogen and oxygen atoms in total. The lowest BCUT2D eigenvalue weighted by Crippen LogP contribution is -2.28. The summed E-state index contributed by atoms with van der Waals surface area (Å²) in [5.74, 6) is -0.556. The zero-order valence-corrected chi connectivity index (χ0v) is 58.0. The van der Waals surface area contributed by atoms with Gasteiger partial charge in [0.1, 0.15) is 6.61 Å². The molecule has 0 bridgehead atoms. The molecule has 0 fully saturated rings. The Morgan fingerprint density at radius 3 is 0.524 bits per heavy atom. The van der Waals surface area contributed by atoms with Gasteiger partial charge in [-0.15, -0.1) is 0 Å². The molecule has 1 N–H and O–H groups in total. The number of carbonyl (C=O) groups excluding carboxylic acids is 2. The van der Waals surface area contributed by atoms with E-state index in [4.69, 9.17) is 9.47 Å². The molecule has 0 heterocycles. The summed E-state index contributed by atoms with van der Waals surface area (Å²) in [5.41, 5.74) is 0. The molecule has 0 amide bonds. The Morgan fingerprint density at radius 2 is 0.369 bits per heavy atom. The van der Waals surface area contributed by atoms with Crippen molar-refractivity contribution in [2.75, 3.05) is 13.2 Å². The quantitative estimate of drug-likeness (QED) is 0.0485. The number of carbonyl (C=O) groups is 2. The third kappa shape index (κ3) is 73.4. The van der Waals surface area contributed by atoms with E-state index in [0.717, 1.165) is 32.1 Å². The smallest absolute Gasteiger partial charge is 0.306 e. The zero-order chi connectivity index (χ0) is 60.5. The number of rotatable bonds is 76. The van der Waals surface area contributed by atoms with E-state index in [1.807, 2.05) is 0 Å². The van der Waals surface area contributed by atoms with Gasteiger partial charge in [-0.25, -0.2) is 0 Å². The highest BCUT2D eigenvalue weighted by Crippen LogP contribution is 2.21. The van der Waals surface area contributed by atoms with Crippen LogP contribution in [0.25, 0.3) is 0 Å². The van der Waals surface area contributed by atoms with Crippen LogP contribution in [0.3, 0.4) is 0 Å². The highest BCUT2D eigenvalue weighted by Gasteiger charge is 2.16. The molecular formula is C79H156O5. The van der Waals surface area contributed by atoms with Crippen molar-refractivity contribution in [1.82, 2.24) is 0 Å². The Morgan fingerprint density at radius 1 is 0.226 bits per heavy atom. The molecule has 5 heteroatoms. The first kappa shape index (κ1) is 82.9. The Bertz CT molecular complexity index is 1200. The van der Waals surface area contributed by atoms with E-state index in [1.54, 1.807) is 0 Å². The van der Waals surface area contributed by atoms with Crippen molar-refractivity contribution in [1.29, 1.82) is 0 Å². The Hall–Kier alpha value is -1.10. The fourth-order valence-electron chi connectivity index (χ4n) is 13.0. The number of hydrogen-bond acceptors (Lipinski definition) is 5. The average Bonchev–Trinajstić information content (AvgIpc) is 3.50. The van der Waals surface area contributed by atoms with Crippen LogP contribution in [0.2, 0.25) is 0 Å². The second kappa shape index (κ2) is 76.1. The highest BCUT2D eigenvalue weighted by molar-refractivity contribution is 5.70. The van der Waals surface area contributed by atoms with Crippen LogP contribution < -0.4 is 0 Å². The van der Waals surface area contributed by atoms with Crippen molar-refractivity contribution in [3.05, 3.63) is 0 Å². The van der Waals surface area contributed by atoms with E-state index in [9.17, 15) is 14.7 Å². The SMILES string of the molecule is CCCCCCCCCCCCCCCCCCCCCCCCCCCCCCCCCCCCCCCCCCC(=O)OC(CO)COC(=O)CCCCCCCCCCCCCCCCCCCCCCCCCCCCCCCC. The molecule has 0 aliphatic carbocycles. The van der Waals surface area contributed by atoms with Crippen molar-refractivity contribution in [3.63, 3.8) is 0 Å². The Balaban J connectivity index is 3.32. The maximum Gasteiger partial charge on any atom is 0.306 e. The number of aliphatic hydroxyl groups is 1. The van der Waals surface area contributed by atoms with Crippen LogP contribution in [-0.4, -0.2) is 36.4 Å². The number of esters is 2. The van der Waals surface area contributed by atoms with Gasteiger partial charge >= 0.3 is 11.9 Å². The molecule has 0 aromatic carbocycles. The molecule has 0 aliphatic heterocycles. The van der Waals surface area contributed by atoms with Gasteiger partial charge in [-0.05, 0) is 12.8 Å². The standard InChI is InChI=1S/C79H156O5/c1-3-5-7-9-11-13-15-17-19-21-23-25-27-29-31-33-35-36-37-38-39-40-41-42-43-44-46-48-50-52-54-56-58-60-62-64-66-68-70-72-74-79(82)84-77(75-80)76-83-78(81)73-71-69-67-65-63-61-59-57-55-53-51-49-47-45-34-32-30-28-26-24-22-20-18-16-14-12-10-8-6-4-2/h77,80H,3-76H2,1-2H3. The van der Waals surface area contributed by atoms with Crippen LogP contribution in [0.4, 0.5) is 0 Å². The fraction of sp³-hybridized carbons (Fsp3) is 0.975. The minimum absolute atomic E-state index is 0.0551. The largest absolute Gasteiger partial charge is 0.462 e. The summed E-state index contributed by atoms with van der Waals surface area (Å²) in [6.45, 7) is 4.23. The molecular weight excluding hydrogens is 1030 g/mol. The third-order valence-corrected chi connectivity index (χ3v) is 18.9. The monoisotopic (exact) mass is 1190 g/mol. The van der Waals surface area contributed by atoms with Crippen molar-refractivity contribution < 1.29 is 24.2 Å². The second-order valence-electron chi connectivity index (χ2n) is 27.5. The molecule has 1 unspecified atom stereocenters. The molecule has 0 aliphatic rings. The minimum atomic E-state index is -0.766. The minimum Gasteiger partial charge on any atom is -0.462 e. The van der Waals surface area contributed by atoms with Gasteiger partial charge in [0.2, 0.25) is 0 Å². The molecule has 0 aromatic heterocycles. The lowest BCUT2D eigenvalue weighted by atomic mass is 10.0. The van der Waals surface area contributed by atoms with E-state index in [1.165, 1.54) is 417 Å². The number of hydrogen-bond donors (Lipinski definition) is 1. The molecule has 0 saturated heterocycles. The lowest BCUT2D eigenvalue weighted by molar-refractivity contribution is -0.161. The Labute approximate surface area is 529 Å². The van der Waals surface area contributed by atoms with Crippen LogP contribution in [0.15, 0.2) is 0 Å². The number of aliphatic hydroxyl groups excluding tert-OH is 1. The predicted octanol–water partition coefficient (Wildman–Crippen LogP) is 27.6. The van der Waals surface area contributed by atoms with E-state index in [0.29, 0.717) is 12.8 Å². The predicted molar refractivity (Wildman–Crippen MR) is 372 cm³/mol. The summed E-state index contributed by atoms with van der Waals surface area (Å²) in [4.78, 5) is 24.7. The first-order valence-electron chi connectivity index (χ1n) is 39.6. The van der Waals surface area contributed by atoms with Crippen LogP contribution in [0.1, 0.15) is 476 Å². The summed E-state index contributed by atoms with van der Waals surface area (Å²) in [5, 5.41) is 9.72. The zero-order valence-electron chi connectivity index (χ0n) is 58.0. The molecule has 502 valence electrons. The van der Waals surface area contributed by atoms with Crippen LogP contribution in [0, 0.1) is 0 Å². The second-order valence-corrected chi connectivity index (χ2v) is 27.5. The normalized spacial score (nSPS) is 12.0. The fourth-order valence-corrected chi connectivity index (χ4v) is 13.0. The van der Waals surface area contributed by atoms with Gasteiger partial charge in [-0.3, -0.25) is 9.59 Å². The van der Waals surface area contributed by atoms with Crippen molar-refractivity contribution in [2.24, 2.45) is 0 Å². The Kier molecular flexibility index (Phi) is 75.2. The molecule has 0 spiro atoms. The van der Waals surface area contributed by atoms with Crippen LogP contribution >= 0.6 is 0 Å². The first-order valence-corrected chi connectivity index (χ1v) is 39.6. The molecule has 0 radical (unpaired) electrons. The molecule has 0 aromatic rings. The third-order valence-electron chi connectivity index (χ3n) is 18.9. The van der Waals surface area contributed by atoms with E-state index >= 15 is 0 Å². The summed E-state index contributed by atoms with van der Waals surface area (Å²) >= 11 is 0. The van der Waals surface area contributed by atoms with Gasteiger partial charge in [-0.1, -0.05) is 450 Å². The van der Waals surface area contributed by atoms with E-state index in [2.05, 4.69) is 13.8 Å². The topological polar surface area (TPSA) is 72.8 Å².